The molecule has 7 heteroatoms. The van der Waals surface area contributed by atoms with Gasteiger partial charge in [0, 0.05) is 47.0 Å². The van der Waals surface area contributed by atoms with E-state index in [2.05, 4.69) is 50.8 Å². The van der Waals surface area contributed by atoms with Crippen LogP contribution >= 0.6 is 0 Å². The highest BCUT2D eigenvalue weighted by atomic mass is 16.5. The fraction of sp³-hybridized carbons (Fsp3) is 0.660. The standard InChI is InChI=1S/C50H67NO6/c1-45(2)36-14-11-35(40(45)25-36)28-51(29-38(53)31-57-30-33-9-7-6-8-10-33)32-49(55)22-19-43-47(49,4)21-18-42-46(3)20-17-37(52)26-48(46)23-24-50(42,43)41(27-48)44(54)34-12-15-39(56-5)16-13-34/h6-10,12-13,15-16,23-24,27,35-38,40,42-43,52-53,55H,11,14,17-22,25-26,28-32H2,1-5H3/t35-,36-,37?,38+,40-,42+,43+,46+,47-,48-,49+,50+/m0/s1. The Bertz CT molecular complexity index is 1890. The molecule has 4 bridgehead atoms. The number of methoxy groups -OCH3 is 1. The molecule has 0 aromatic heterocycles. The van der Waals surface area contributed by atoms with E-state index >= 15 is 4.79 Å². The highest BCUT2D eigenvalue weighted by Crippen LogP contribution is 2.78. The number of aliphatic hydroxyl groups is 3. The maximum atomic E-state index is 15.0. The number of ether oxygens (including phenoxy) is 2. The summed E-state index contributed by atoms with van der Waals surface area (Å²) in [5, 5.41) is 36.1. The predicted octanol–water partition coefficient (Wildman–Crippen LogP) is 8.42. The molecule has 3 N–H and O–H groups in total. The fourth-order valence-electron chi connectivity index (χ4n) is 14.8. The fourth-order valence-corrected chi connectivity index (χ4v) is 14.8. The minimum atomic E-state index is -0.994. The predicted molar refractivity (Wildman–Crippen MR) is 223 cm³/mol. The van der Waals surface area contributed by atoms with Crippen molar-refractivity contribution in [2.24, 2.45) is 56.7 Å². The summed E-state index contributed by atoms with van der Waals surface area (Å²) in [4.78, 5) is 17.4. The lowest BCUT2D eigenvalue weighted by atomic mass is 9.32. The Labute approximate surface area is 340 Å². The van der Waals surface area contributed by atoms with Gasteiger partial charge in [0.05, 0.1) is 38.1 Å². The topological polar surface area (TPSA) is 99.5 Å². The van der Waals surface area contributed by atoms with E-state index in [0.717, 1.165) is 61.5 Å². The first-order valence-corrected chi connectivity index (χ1v) is 22.2. The third-order valence-corrected chi connectivity index (χ3v) is 18.2. The van der Waals surface area contributed by atoms with Gasteiger partial charge in [0.25, 0.3) is 0 Å². The van der Waals surface area contributed by atoms with Gasteiger partial charge in [-0.1, -0.05) is 76.3 Å². The van der Waals surface area contributed by atoms with Crippen LogP contribution in [-0.2, 0) is 11.3 Å². The van der Waals surface area contributed by atoms with E-state index in [4.69, 9.17) is 9.47 Å². The van der Waals surface area contributed by atoms with Crippen molar-refractivity contribution in [3.63, 3.8) is 0 Å². The van der Waals surface area contributed by atoms with Gasteiger partial charge in [0.15, 0.2) is 5.78 Å². The Kier molecular flexibility index (Phi) is 9.84. The molecule has 308 valence electrons. The van der Waals surface area contributed by atoms with Gasteiger partial charge >= 0.3 is 0 Å². The number of benzene rings is 2. The smallest absolute Gasteiger partial charge is 0.189 e. The summed E-state index contributed by atoms with van der Waals surface area (Å²) in [5.74, 6) is 3.11. The molecule has 2 aromatic rings. The van der Waals surface area contributed by atoms with Crippen LogP contribution in [0, 0.1) is 56.7 Å². The maximum Gasteiger partial charge on any atom is 0.189 e. The number of fused-ring (bicyclic) bond motifs is 3. The Balaban J connectivity index is 1.03. The van der Waals surface area contributed by atoms with Gasteiger partial charge < -0.3 is 24.8 Å². The van der Waals surface area contributed by atoms with Crippen molar-refractivity contribution < 1.29 is 29.6 Å². The minimum absolute atomic E-state index is 0.0622. The van der Waals surface area contributed by atoms with Crippen molar-refractivity contribution in [2.75, 3.05) is 33.4 Å². The summed E-state index contributed by atoms with van der Waals surface area (Å²) < 4.78 is 11.5. The molecule has 57 heavy (non-hydrogen) atoms. The zero-order chi connectivity index (χ0) is 40.0. The van der Waals surface area contributed by atoms with E-state index in [-0.39, 0.29) is 35.1 Å². The second kappa shape index (κ2) is 14.1. The van der Waals surface area contributed by atoms with E-state index in [1.165, 1.54) is 19.3 Å². The van der Waals surface area contributed by atoms with Crippen LogP contribution in [0.15, 0.2) is 78.4 Å². The zero-order valence-electron chi connectivity index (χ0n) is 35.1. The molecule has 2 aromatic carbocycles. The molecule has 0 amide bonds. The molecule has 7 nitrogen and oxygen atoms in total. The molecule has 11 rings (SSSR count). The van der Waals surface area contributed by atoms with Crippen molar-refractivity contribution in [2.45, 2.75) is 116 Å². The lowest BCUT2D eigenvalue weighted by Gasteiger charge is -2.71. The normalized spacial score (nSPS) is 41.4. The number of hydrogen-bond acceptors (Lipinski definition) is 7. The Hall–Kier alpha value is -2.81. The van der Waals surface area contributed by atoms with Crippen LogP contribution in [0.25, 0.3) is 0 Å². The third-order valence-electron chi connectivity index (χ3n) is 18.2. The SMILES string of the molecule is COc1ccc(C(=O)C2=C[C@@]34C=C[C@@]25[C@@H]2CC[C@@](O)(CN(C[C@@H](O)COCc6ccccc6)C[C@@H]6CC[C@H]7C[C@@H]6C7(C)C)[C@@]2(C)CC[C@@H]5[C@@]3(C)CCC(O)C4)cc1. The summed E-state index contributed by atoms with van der Waals surface area (Å²) in [6, 6.07) is 17.7. The average Bonchev–Trinajstić information content (AvgIpc) is 3.47. The average molecular weight is 778 g/mol. The minimum Gasteiger partial charge on any atom is -0.497 e. The quantitative estimate of drug-likeness (QED) is 0.139. The highest BCUT2D eigenvalue weighted by molar-refractivity contribution is 6.10. The lowest BCUT2D eigenvalue weighted by molar-refractivity contribution is -0.179. The van der Waals surface area contributed by atoms with E-state index in [1.807, 2.05) is 54.6 Å². The molecule has 0 saturated heterocycles. The molecule has 6 fully saturated rings. The zero-order valence-corrected chi connectivity index (χ0v) is 35.1. The molecular formula is C50H67NO6. The van der Waals surface area contributed by atoms with Crippen LogP contribution in [0.4, 0.5) is 0 Å². The lowest BCUT2D eigenvalue weighted by Crippen LogP contribution is -2.67. The van der Waals surface area contributed by atoms with Gasteiger partial charge in [-0.05, 0) is 134 Å². The van der Waals surface area contributed by atoms with Crippen LogP contribution in [0.2, 0.25) is 0 Å². The van der Waals surface area contributed by atoms with Gasteiger partial charge in [-0.25, -0.2) is 0 Å². The van der Waals surface area contributed by atoms with Crippen LogP contribution in [0.1, 0.15) is 108 Å². The summed E-state index contributed by atoms with van der Waals surface area (Å²) in [5.41, 5.74) is 0.553. The van der Waals surface area contributed by atoms with Gasteiger partial charge in [0.2, 0.25) is 0 Å². The summed E-state index contributed by atoms with van der Waals surface area (Å²) >= 11 is 0. The second-order valence-electron chi connectivity index (χ2n) is 20.9. The molecule has 0 radical (unpaired) electrons. The highest BCUT2D eigenvalue weighted by Gasteiger charge is 2.74. The first-order valence-electron chi connectivity index (χ1n) is 22.2. The number of rotatable bonds is 13. The van der Waals surface area contributed by atoms with Crippen molar-refractivity contribution in [3.8, 4) is 5.75 Å². The van der Waals surface area contributed by atoms with Crippen molar-refractivity contribution in [1.82, 2.24) is 4.90 Å². The third kappa shape index (κ3) is 6.02. The summed E-state index contributed by atoms with van der Waals surface area (Å²) in [6.45, 7) is 12.2. The Morgan fingerprint density at radius 2 is 1.61 bits per heavy atom. The number of aliphatic hydroxyl groups excluding tert-OH is 2. The van der Waals surface area contributed by atoms with Gasteiger partial charge in [-0.3, -0.25) is 9.69 Å². The number of ketones is 1. The number of carbonyl (C=O) groups is 1. The van der Waals surface area contributed by atoms with Crippen LogP contribution < -0.4 is 4.74 Å². The van der Waals surface area contributed by atoms with Gasteiger partial charge in [-0.2, -0.15) is 0 Å². The van der Waals surface area contributed by atoms with Crippen LogP contribution in [0.5, 0.6) is 5.75 Å². The number of carbonyl (C=O) groups excluding carboxylic acids is 1. The molecule has 6 saturated carbocycles. The van der Waals surface area contributed by atoms with Crippen LogP contribution in [0.3, 0.4) is 0 Å². The van der Waals surface area contributed by atoms with E-state index in [0.29, 0.717) is 55.4 Å². The number of allylic oxidation sites excluding steroid dienone is 4. The number of Topliss-reactive ketones (excluding diaryl/α,β-unsaturated/α-hetero) is 1. The maximum absolute atomic E-state index is 15.0. The largest absolute Gasteiger partial charge is 0.497 e. The first-order chi connectivity index (χ1) is 27.2. The molecule has 9 aliphatic carbocycles. The second-order valence-corrected chi connectivity index (χ2v) is 20.9. The van der Waals surface area contributed by atoms with Crippen LogP contribution in [-0.4, -0.2) is 77.2 Å². The van der Waals surface area contributed by atoms with E-state index < -0.39 is 28.6 Å². The summed E-state index contributed by atoms with van der Waals surface area (Å²) in [6.07, 6.45) is 15.5. The molecule has 9 aliphatic rings. The Morgan fingerprint density at radius 1 is 0.895 bits per heavy atom. The molecule has 1 unspecified atom stereocenters. The molecule has 0 heterocycles. The molecular weight excluding hydrogens is 711 g/mol. The molecule has 2 spiro atoms. The molecule has 12 atom stereocenters. The Morgan fingerprint density at radius 3 is 2.33 bits per heavy atom. The molecule has 0 aliphatic heterocycles. The monoisotopic (exact) mass is 777 g/mol. The van der Waals surface area contributed by atoms with E-state index in [9.17, 15) is 15.3 Å². The first kappa shape index (κ1) is 39.6. The number of hydrogen-bond donors (Lipinski definition) is 3. The number of nitrogens with zero attached hydrogens (tertiary/aromatic N) is 1. The van der Waals surface area contributed by atoms with Crippen molar-refractivity contribution >= 4 is 5.78 Å². The van der Waals surface area contributed by atoms with E-state index in [1.54, 1.807) is 7.11 Å². The van der Waals surface area contributed by atoms with Crippen molar-refractivity contribution in [3.05, 3.63) is 89.5 Å². The summed E-state index contributed by atoms with van der Waals surface area (Å²) in [7, 11) is 1.65. The van der Waals surface area contributed by atoms with Gasteiger partial charge in [0.1, 0.15) is 5.75 Å². The van der Waals surface area contributed by atoms with Crippen molar-refractivity contribution in [1.29, 1.82) is 0 Å². The van der Waals surface area contributed by atoms with Gasteiger partial charge in [-0.15, -0.1) is 0 Å².